The van der Waals surface area contributed by atoms with Crippen molar-refractivity contribution in [1.82, 2.24) is 0 Å². The fourth-order valence-electron chi connectivity index (χ4n) is 1.05. The topological polar surface area (TPSA) is 99.6 Å². The molecule has 0 saturated carbocycles. The molecular weight excluding hydrogens is 508 g/mol. The van der Waals surface area contributed by atoms with E-state index < -0.39 is 0 Å². The molecule has 0 atom stereocenters. The van der Waals surface area contributed by atoms with Crippen LogP contribution >= 0.6 is 0 Å². The van der Waals surface area contributed by atoms with Crippen LogP contribution in [0.25, 0.3) is 11.5 Å². The number of rotatable bonds is 0. The van der Waals surface area contributed by atoms with Gasteiger partial charge in [0.15, 0.2) is 0 Å². The van der Waals surface area contributed by atoms with Gasteiger partial charge in [-0.3, -0.25) is 0 Å². The second-order valence-corrected chi connectivity index (χ2v) is 2.83. The monoisotopic (exact) mass is 520 g/mol. The molecule has 4 nitrogen and oxygen atoms in total. The third-order valence-electron chi connectivity index (χ3n) is 2.14. The molecule has 0 unspecified atom stereocenters. The second kappa shape index (κ2) is 11.6. The third-order valence-corrected chi connectivity index (χ3v) is 2.14. The predicted octanol–water partition coefficient (Wildman–Crippen LogP) is 2.83. The van der Waals surface area contributed by atoms with Crippen molar-refractivity contribution in [2.24, 2.45) is 0 Å². The molecule has 0 saturated heterocycles. The van der Waals surface area contributed by atoms with E-state index in [1.165, 1.54) is 0 Å². The largest absolute Gasteiger partial charge is 0.697 e. The van der Waals surface area contributed by atoms with E-state index in [9.17, 15) is 0 Å². The smallest absolute Gasteiger partial charge is 0.0384 e. The number of anilines is 2. The maximum absolute atomic E-state index is 7.53. The van der Waals surface area contributed by atoms with Crippen molar-refractivity contribution in [3.63, 3.8) is 0 Å². The van der Waals surface area contributed by atoms with Crippen LogP contribution < -0.4 is 11.5 Å². The molecule has 8 heteroatoms. The van der Waals surface area contributed by atoms with Crippen LogP contribution in [0.4, 0.5) is 22.7 Å². The summed E-state index contributed by atoms with van der Waals surface area (Å²) in [5.41, 5.74) is 28.5. The van der Waals surface area contributed by atoms with Crippen molar-refractivity contribution >= 4 is 22.7 Å². The van der Waals surface area contributed by atoms with Gasteiger partial charge in [-0.15, -0.1) is 11.4 Å². The zero-order chi connectivity index (χ0) is 9.46. The Morgan fingerprint density at radius 2 is 0.875 bits per heavy atom. The van der Waals surface area contributed by atoms with Crippen LogP contribution in [0, 0.1) is 13.8 Å². The van der Waals surface area contributed by atoms with Gasteiger partial charge in [-0.25, -0.2) is 0 Å². The van der Waals surface area contributed by atoms with Gasteiger partial charge in [0.05, 0.1) is 0 Å². The van der Waals surface area contributed by atoms with E-state index in [1.54, 1.807) is 13.8 Å². The van der Waals surface area contributed by atoms with Crippen LogP contribution in [0.1, 0.15) is 11.1 Å². The summed E-state index contributed by atoms with van der Waals surface area (Å²) in [6.45, 7) is 3.54. The third kappa shape index (κ3) is 5.86. The van der Waals surface area contributed by atoms with E-state index >= 15 is 0 Å². The maximum Gasteiger partial charge on any atom is 0.0384 e. The first-order valence-corrected chi connectivity index (χ1v) is 3.58. The predicted molar refractivity (Wildman–Crippen MR) is 52.7 cm³/mol. The quantitative estimate of drug-likeness (QED) is 0.515. The zero-order valence-corrected chi connectivity index (χ0v) is 20.8. The molecule has 0 heterocycles. The van der Waals surface area contributed by atoms with Gasteiger partial charge < -0.3 is 22.9 Å². The summed E-state index contributed by atoms with van der Waals surface area (Å²) in [6.07, 6.45) is 0. The van der Waals surface area contributed by atoms with E-state index in [-0.39, 0.29) is 154 Å². The van der Waals surface area contributed by atoms with Gasteiger partial charge in [0, 0.05) is 142 Å². The van der Waals surface area contributed by atoms with Gasteiger partial charge in [-0.2, -0.15) is 0 Å². The molecule has 0 amide bonds. The molecule has 0 bridgehead atoms. The van der Waals surface area contributed by atoms with Gasteiger partial charge in [0.2, 0.25) is 0 Å². The summed E-state index contributed by atoms with van der Waals surface area (Å²) in [5.74, 6) is 0. The minimum absolute atomic E-state index is 0. The van der Waals surface area contributed by atoms with Crippen molar-refractivity contribution in [2.75, 3.05) is 11.5 Å². The van der Waals surface area contributed by atoms with E-state index in [2.05, 4.69) is 0 Å². The Hall–Kier alpha value is 2.84. The average Bonchev–Trinajstić information content (AvgIpc) is 2.08. The number of hydrogen-bond acceptors (Lipinski definition) is 2. The molecule has 78 valence electrons. The first-order valence-electron chi connectivity index (χ1n) is 3.58. The van der Waals surface area contributed by atoms with Gasteiger partial charge in [-0.1, -0.05) is 11.1 Å². The Bertz CT molecular complexity index is 238. The molecule has 0 aliphatic heterocycles. The van der Waals surface area contributed by atoms with Crippen LogP contribution in [0.5, 0.6) is 0 Å². The van der Waals surface area contributed by atoms with Crippen LogP contribution in [-0.2, 0) is 131 Å². The molecular formula is C8H12N4Y4-2. The summed E-state index contributed by atoms with van der Waals surface area (Å²) in [6, 6.07) is 0. The molecule has 6 N–H and O–H groups in total. The molecule has 0 spiro atoms. The van der Waals surface area contributed by atoms with Crippen molar-refractivity contribution in [2.45, 2.75) is 13.8 Å². The van der Waals surface area contributed by atoms with Gasteiger partial charge >= 0.3 is 0 Å². The fraction of sp³-hybridized carbons (Fsp3) is 0.250. The summed E-state index contributed by atoms with van der Waals surface area (Å²) >= 11 is 0. The van der Waals surface area contributed by atoms with Crippen LogP contribution in [0.2, 0.25) is 0 Å². The summed E-state index contributed by atoms with van der Waals surface area (Å²) in [7, 11) is 0. The Balaban J connectivity index is -0.000000180. The summed E-state index contributed by atoms with van der Waals surface area (Å²) < 4.78 is 0. The van der Waals surface area contributed by atoms with E-state index in [4.69, 9.17) is 22.9 Å². The van der Waals surface area contributed by atoms with Crippen LogP contribution in [0.15, 0.2) is 0 Å². The SMILES string of the molecule is Cc1c(C)c([NH-])c(N)c(N)c1[NH-].[Y].[Y].[Y].[Y]. The zero-order valence-electron chi connectivity index (χ0n) is 9.46. The van der Waals surface area contributed by atoms with Gasteiger partial charge in [-0.05, 0) is 13.8 Å². The van der Waals surface area contributed by atoms with Crippen LogP contribution in [-0.4, -0.2) is 0 Å². The van der Waals surface area contributed by atoms with Gasteiger partial charge in [0.1, 0.15) is 0 Å². The van der Waals surface area contributed by atoms with E-state index in [0.717, 1.165) is 11.1 Å². The minimum atomic E-state index is 0. The first kappa shape index (κ1) is 27.2. The Kier molecular flexibility index (Phi) is 19.8. The number of benzene rings is 1. The molecule has 0 aliphatic rings. The molecule has 1 aromatic rings. The van der Waals surface area contributed by atoms with Crippen molar-refractivity contribution in [1.29, 1.82) is 0 Å². The normalized spacial score (nSPS) is 7.62. The standard InChI is InChI=1S/C8H12N4.4Y/c1-3-4(2)6(10)8(12)7(11)5(3)9;;;;/h9-10H,11-12H2,1-2H3;;;;/q-2;;;;. The summed E-state index contributed by atoms with van der Waals surface area (Å²) in [5, 5.41) is 0. The first-order chi connectivity index (χ1) is 5.46. The van der Waals surface area contributed by atoms with E-state index in [0.29, 0.717) is 0 Å². The molecule has 0 aliphatic carbocycles. The molecule has 1 rings (SSSR count). The van der Waals surface area contributed by atoms with Crippen molar-refractivity contribution < 1.29 is 131 Å². The number of nitrogens with one attached hydrogen (secondary N) is 2. The summed E-state index contributed by atoms with van der Waals surface area (Å²) in [4.78, 5) is 0. The van der Waals surface area contributed by atoms with Gasteiger partial charge in [0.25, 0.3) is 0 Å². The molecule has 0 fully saturated rings. The molecule has 0 aromatic heterocycles. The fourth-order valence-corrected chi connectivity index (χ4v) is 1.05. The van der Waals surface area contributed by atoms with Crippen molar-refractivity contribution in [3.8, 4) is 0 Å². The molecule has 4 radical (unpaired) electrons. The maximum atomic E-state index is 7.53. The number of nitrogens with two attached hydrogens (primary N) is 2. The number of nitrogen functional groups attached to an aromatic ring is 2. The second-order valence-electron chi connectivity index (χ2n) is 2.83. The average molecular weight is 520 g/mol. The Morgan fingerprint density at radius 1 is 0.688 bits per heavy atom. The van der Waals surface area contributed by atoms with E-state index in [1.807, 2.05) is 0 Å². The number of hydrogen-bond donors (Lipinski definition) is 2. The molecule has 16 heavy (non-hydrogen) atoms. The van der Waals surface area contributed by atoms with Crippen LogP contribution in [0.3, 0.4) is 0 Å². The minimum Gasteiger partial charge on any atom is -0.697 e. The van der Waals surface area contributed by atoms with Crippen molar-refractivity contribution in [3.05, 3.63) is 22.6 Å². The Morgan fingerprint density at radius 3 is 1.06 bits per heavy atom. The Labute approximate surface area is 197 Å². The molecule has 1 aromatic carbocycles.